The van der Waals surface area contributed by atoms with Gasteiger partial charge in [-0.2, -0.15) is 0 Å². The number of unbranched alkanes of at least 4 members (excludes halogenated alkanes) is 8. The molecule has 1 aromatic rings. The first-order valence-electron chi connectivity index (χ1n) is 11.5. The van der Waals surface area contributed by atoms with E-state index in [1.54, 1.807) is 6.92 Å². The molecule has 0 heterocycles. The average molecular weight is 386 g/mol. The Kier molecular flexibility index (Phi) is 13.6. The zero-order valence-electron chi connectivity index (χ0n) is 18.9. The van der Waals surface area contributed by atoms with Crippen LogP contribution in [0.25, 0.3) is 5.57 Å². The third-order valence-electron chi connectivity index (χ3n) is 5.57. The van der Waals surface area contributed by atoms with E-state index < -0.39 is 0 Å². The number of carbonyl (C=O) groups excluding carboxylic acids is 1. The van der Waals surface area contributed by atoms with Gasteiger partial charge < -0.3 is 4.90 Å². The highest BCUT2D eigenvalue weighted by molar-refractivity contribution is 6.19. The van der Waals surface area contributed by atoms with Gasteiger partial charge in [-0.25, -0.2) is 0 Å². The Labute approximate surface area is 174 Å². The van der Waals surface area contributed by atoms with Gasteiger partial charge in [0.1, 0.15) is 0 Å². The third kappa shape index (κ3) is 10.2. The molecule has 0 saturated carbocycles. The second-order valence-corrected chi connectivity index (χ2v) is 8.15. The van der Waals surface area contributed by atoms with Crippen molar-refractivity contribution in [2.24, 2.45) is 0 Å². The molecule has 2 nitrogen and oxygen atoms in total. The summed E-state index contributed by atoms with van der Waals surface area (Å²) in [5, 5.41) is 0. The SMILES string of the molecule is CC=C(C(C)=O)c1ccccc1CCCCCCCCCCCN(C)CCC. The van der Waals surface area contributed by atoms with Crippen LogP contribution in [0, 0.1) is 0 Å². The van der Waals surface area contributed by atoms with Crippen molar-refractivity contribution in [1.29, 1.82) is 0 Å². The summed E-state index contributed by atoms with van der Waals surface area (Å²) < 4.78 is 0. The number of hydrogen-bond acceptors (Lipinski definition) is 2. The van der Waals surface area contributed by atoms with Gasteiger partial charge in [-0.05, 0) is 70.8 Å². The first kappa shape index (κ1) is 24.6. The Balaban J connectivity index is 2.12. The van der Waals surface area contributed by atoms with Crippen LogP contribution >= 0.6 is 0 Å². The van der Waals surface area contributed by atoms with Gasteiger partial charge in [0.05, 0.1) is 0 Å². The Hall–Kier alpha value is -1.41. The summed E-state index contributed by atoms with van der Waals surface area (Å²) in [5.41, 5.74) is 3.30. The van der Waals surface area contributed by atoms with Gasteiger partial charge in [0.2, 0.25) is 0 Å². The summed E-state index contributed by atoms with van der Waals surface area (Å²) in [6.45, 7) is 8.36. The normalized spacial score (nSPS) is 12.0. The highest BCUT2D eigenvalue weighted by Gasteiger charge is 2.10. The predicted octanol–water partition coefficient (Wildman–Crippen LogP) is 7.07. The summed E-state index contributed by atoms with van der Waals surface area (Å²) >= 11 is 0. The summed E-state index contributed by atoms with van der Waals surface area (Å²) in [4.78, 5) is 14.3. The molecular formula is C26H43NO. The van der Waals surface area contributed by atoms with Crippen molar-refractivity contribution < 1.29 is 4.79 Å². The Morgan fingerprint density at radius 2 is 1.46 bits per heavy atom. The molecule has 0 aliphatic heterocycles. The lowest BCUT2D eigenvalue weighted by Crippen LogP contribution is -2.20. The van der Waals surface area contributed by atoms with Crippen molar-refractivity contribution >= 4 is 11.4 Å². The van der Waals surface area contributed by atoms with Crippen LogP contribution in [-0.2, 0) is 11.2 Å². The van der Waals surface area contributed by atoms with Gasteiger partial charge in [-0.1, -0.05) is 82.2 Å². The monoisotopic (exact) mass is 385 g/mol. The largest absolute Gasteiger partial charge is 0.306 e. The molecule has 158 valence electrons. The molecule has 0 spiro atoms. The van der Waals surface area contributed by atoms with Crippen molar-refractivity contribution in [2.45, 2.75) is 91.4 Å². The van der Waals surface area contributed by atoms with Gasteiger partial charge >= 0.3 is 0 Å². The van der Waals surface area contributed by atoms with E-state index in [9.17, 15) is 4.79 Å². The minimum absolute atomic E-state index is 0.159. The lowest BCUT2D eigenvalue weighted by Gasteiger charge is -2.14. The van der Waals surface area contributed by atoms with E-state index in [-0.39, 0.29) is 5.78 Å². The number of allylic oxidation sites excluding steroid dienone is 2. The molecule has 1 aromatic carbocycles. The molecule has 1 rings (SSSR count). The first-order chi connectivity index (χ1) is 13.6. The molecular weight excluding hydrogens is 342 g/mol. The molecule has 0 amide bonds. The van der Waals surface area contributed by atoms with Crippen LogP contribution in [0.4, 0.5) is 0 Å². The average Bonchev–Trinajstić information content (AvgIpc) is 2.67. The Morgan fingerprint density at radius 1 is 0.893 bits per heavy atom. The van der Waals surface area contributed by atoms with Gasteiger partial charge in [0.15, 0.2) is 5.78 Å². The van der Waals surface area contributed by atoms with Crippen molar-refractivity contribution in [2.75, 3.05) is 20.1 Å². The van der Waals surface area contributed by atoms with E-state index in [1.807, 2.05) is 19.1 Å². The lowest BCUT2D eigenvalue weighted by atomic mass is 9.93. The topological polar surface area (TPSA) is 20.3 Å². The molecule has 0 radical (unpaired) electrons. The number of Topliss-reactive ketones (excluding diaryl/α,β-unsaturated/α-hetero) is 1. The highest BCUT2D eigenvalue weighted by atomic mass is 16.1. The number of rotatable bonds is 16. The summed E-state index contributed by atoms with van der Waals surface area (Å²) in [6, 6.07) is 8.39. The molecule has 0 unspecified atom stereocenters. The predicted molar refractivity (Wildman–Crippen MR) is 124 cm³/mol. The highest BCUT2D eigenvalue weighted by Crippen LogP contribution is 2.22. The van der Waals surface area contributed by atoms with E-state index in [2.05, 4.69) is 37.1 Å². The quantitative estimate of drug-likeness (QED) is 0.224. The van der Waals surface area contributed by atoms with Crippen molar-refractivity contribution in [3.63, 3.8) is 0 Å². The van der Waals surface area contributed by atoms with E-state index in [0.29, 0.717) is 0 Å². The van der Waals surface area contributed by atoms with Crippen molar-refractivity contribution in [3.05, 3.63) is 41.5 Å². The number of carbonyl (C=O) groups is 1. The first-order valence-corrected chi connectivity index (χ1v) is 11.5. The number of aryl methyl sites for hydroxylation is 1. The second-order valence-electron chi connectivity index (χ2n) is 8.15. The van der Waals surface area contributed by atoms with Crippen LogP contribution in [0.5, 0.6) is 0 Å². The van der Waals surface area contributed by atoms with Crippen LogP contribution in [-0.4, -0.2) is 30.8 Å². The molecule has 0 aliphatic carbocycles. The standard InChI is InChI=1S/C26H43NO/c1-5-21-27(4)22-17-13-11-9-7-8-10-12-14-18-24-19-15-16-20-26(24)25(6-2)23(3)28/h6,15-16,19-20H,5,7-14,17-18,21-22H2,1-4H3. The Bertz CT molecular complexity index is 576. The minimum Gasteiger partial charge on any atom is -0.306 e. The van der Waals surface area contributed by atoms with Crippen LogP contribution in [0.2, 0.25) is 0 Å². The molecule has 0 saturated heterocycles. The third-order valence-corrected chi connectivity index (χ3v) is 5.57. The number of ketones is 1. The lowest BCUT2D eigenvalue weighted by molar-refractivity contribution is -0.111. The molecule has 0 aliphatic rings. The fraction of sp³-hybridized carbons (Fsp3) is 0.654. The maximum Gasteiger partial charge on any atom is 0.160 e. The van der Waals surface area contributed by atoms with E-state index in [1.165, 1.54) is 82.9 Å². The summed E-state index contributed by atoms with van der Waals surface area (Å²) in [5.74, 6) is 0.159. The molecule has 0 bridgehead atoms. The van der Waals surface area contributed by atoms with Gasteiger partial charge in [-0.3, -0.25) is 4.79 Å². The van der Waals surface area contributed by atoms with Crippen molar-refractivity contribution in [1.82, 2.24) is 4.90 Å². The molecule has 0 fully saturated rings. The molecule has 0 N–H and O–H groups in total. The zero-order valence-corrected chi connectivity index (χ0v) is 18.9. The molecule has 0 atom stereocenters. The maximum absolute atomic E-state index is 11.9. The van der Waals surface area contributed by atoms with E-state index in [4.69, 9.17) is 0 Å². The molecule has 28 heavy (non-hydrogen) atoms. The number of benzene rings is 1. The summed E-state index contributed by atoms with van der Waals surface area (Å²) in [7, 11) is 2.24. The fourth-order valence-corrected chi connectivity index (χ4v) is 3.98. The second kappa shape index (κ2) is 15.5. The molecule has 2 heteroatoms. The van der Waals surface area contributed by atoms with E-state index in [0.717, 1.165) is 17.6 Å². The smallest absolute Gasteiger partial charge is 0.160 e. The Morgan fingerprint density at radius 3 is 2.04 bits per heavy atom. The molecule has 0 aromatic heterocycles. The van der Waals surface area contributed by atoms with Crippen LogP contribution in [0.3, 0.4) is 0 Å². The van der Waals surface area contributed by atoms with Gasteiger partial charge in [0.25, 0.3) is 0 Å². The number of nitrogens with zero attached hydrogens (tertiary/aromatic N) is 1. The summed E-state index contributed by atoms with van der Waals surface area (Å²) in [6.07, 6.45) is 16.4. The van der Waals surface area contributed by atoms with Crippen LogP contribution in [0.15, 0.2) is 30.3 Å². The number of hydrogen-bond donors (Lipinski definition) is 0. The maximum atomic E-state index is 11.9. The van der Waals surface area contributed by atoms with Crippen LogP contribution < -0.4 is 0 Å². The minimum atomic E-state index is 0.159. The van der Waals surface area contributed by atoms with E-state index >= 15 is 0 Å². The van der Waals surface area contributed by atoms with Crippen molar-refractivity contribution in [3.8, 4) is 0 Å². The zero-order chi connectivity index (χ0) is 20.6. The van der Waals surface area contributed by atoms with Crippen LogP contribution in [0.1, 0.15) is 96.1 Å². The fourth-order valence-electron chi connectivity index (χ4n) is 3.98. The van der Waals surface area contributed by atoms with Gasteiger partial charge in [-0.15, -0.1) is 0 Å². The van der Waals surface area contributed by atoms with Gasteiger partial charge in [0, 0.05) is 5.57 Å².